The third kappa shape index (κ3) is 2.99. The first-order chi connectivity index (χ1) is 5.91. The fourth-order valence-corrected chi connectivity index (χ4v) is 2.14. The van der Waals surface area contributed by atoms with Gasteiger partial charge in [0.15, 0.2) is 0 Å². The van der Waals surface area contributed by atoms with Crippen molar-refractivity contribution in [1.29, 1.82) is 0 Å². The van der Waals surface area contributed by atoms with Crippen molar-refractivity contribution < 1.29 is 14.0 Å². The Hall–Kier alpha value is -0.570. The molecule has 0 aromatic heterocycles. The van der Waals surface area contributed by atoms with Gasteiger partial charge in [0.2, 0.25) is 0 Å². The summed E-state index contributed by atoms with van der Waals surface area (Å²) in [6.07, 6.45) is 1.14. The van der Waals surface area contributed by atoms with Crippen molar-refractivity contribution in [3.05, 3.63) is 0 Å². The minimum Gasteiger partial charge on any atom is -0.462 e. The number of esters is 1. The van der Waals surface area contributed by atoms with Gasteiger partial charge in [0, 0.05) is 19.3 Å². The van der Waals surface area contributed by atoms with E-state index in [2.05, 4.69) is 21.0 Å². The summed E-state index contributed by atoms with van der Waals surface area (Å²) in [6, 6.07) is 0. The van der Waals surface area contributed by atoms with Gasteiger partial charge in [0.1, 0.15) is 6.10 Å². The molecule has 1 fully saturated rings. The molecular formula is C10H20NO2+. The second kappa shape index (κ2) is 3.66. The van der Waals surface area contributed by atoms with E-state index in [4.69, 9.17) is 4.74 Å². The van der Waals surface area contributed by atoms with Gasteiger partial charge in [-0.2, -0.15) is 0 Å². The van der Waals surface area contributed by atoms with Crippen LogP contribution in [0.1, 0.15) is 20.3 Å². The van der Waals surface area contributed by atoms with Gasteiger partial charge in [0.05, 0.1) is 27.2 Å². The van der Waals surface area contributed by atoms with Crippen LogP contribution < -0.4 is 0 Å². The molecule has 0 aromatic carbocycles. The minimum absolute atomic E-state index is 0.142. The Morgan fingerprint density at radius 1 is 1.46 bits per heavy atom. The molecule has 0 unspecified atom stereocenters. The lowest BCUT2D eigenvalue weighted by molar-refractivity contribution is -0.899. The zero-order valence-corrected chi connectivity index (χ0v) is 9.04. The number of hydrogen-bond donors (Lipinski definition) is 0. The molecule has 3 heteroatoms. The van der Waals surface area contributed by atoms with Crippen LogP contribution in [0.25, 0.3) is 0 Å². The Morgan fingerprint density at radius 3 is 2.54 bits per heavy atom. The summed E-state index contributed by atoms with van der Waals surface area (Å²) >= 11 is 0. The Labute approximate surface area is 80.3 Å². The molecule has 1 saturated heterocycles. The molecule has 1 aliphatic heterocycles. The maximum absolute atomic E-state index is 10.8. The predicted molar refractivity (Wildman–Crippen MR) is 51.2 cm³/mol. The number of carbonyl (C=O) groups is 1. The quantitative estimate of drug-likeness (QED) is 0.452. The maximum Gasteiger partial charge on any atom is 0.302 e. The molecule has 1 heterocycles. The number of nitrogens with zero attached hydrogens (tertiary/aromatic N) is 1. The standard InChI is InChI=1S/C10H20NO2/c1-8-7-11(3,4)6-5-10(8)13-9(2)12/h8,10H,5-7H2,1-4H3/q+1/t8-,10+/m0/s1. The van der Waals surface area contributed by atoms with Crippen LogP contribution in [0, 0.1) is 5.92 Å². The Morgan fingerprint density at radius 2 is 2.08 bits per heavy atom. The third-order valence-electron chi connectivity index (χ3n) is 2.75. The van der Waals surface area contributed by atoms with E-state index in [0.717, 1.165) is 24.0 Å². The van der Waals surface area contributed by atoms with Crippen LogP contribution in [0.3, 0.4) is 0 Å². The summed E-state index contributed by atoms with van der Waals surface area (Å²) < 4.78 is 6.29. The predicted octanol–water partition coefficient (Wildman–Crippen LogP) is 1.03. The number of rotatable bonds is 1. The molecular weight excluding hydrogens is 166 g/mol. The fourth-order valence-electron chi connectivity index (χ4n) is 2.14. The number of piperidine rings is 1. The van der Waals surface area contributed by atoms with Crippen LogP contribution in [-0.2, 0) is 9.53 Å². The van der Waals surface area contributed by atoms with Crippen LogP contribution in [0.4, 0.5) is 0 Å². The van der Waals surface area contributed by atoms with Crippen molar-refractivity contribution in [3.63, 3.8) is 0 Å². The second-order valence-corrected chi connectivity index (χ2v) is 4.76. The Balaban J connectivity index is 2.49. The van der Waals surface area contributed by atoms with E-state index in [1.165, 1.54) is 6.92 Å². The van der Waals surface area contributed by atoms with Crippen LogP contribution in [0.5, 0.6) is 0 Å². The molecule has 2 atom stereocenters. The first-order valence-corrected chi connectivity index (χ1v) is 4.90. The molecule has 0 bridgehead atoms. The minimum atomic E-state index is -0.149. The first kappa shape index (κ1) is 10.5. The molecule has 0 amide bonds. The van der Waals surface area contributed by atoms with Gasteiger partial charge in [0.25, 0.3) is 0 Å². The first-order valence-electron chi connectivity index (χ1n) is 4.90. The molecule has 0 aromatic rings. The van der Waals surface area contributed by atoms with Crippen molar-refractivity contribution >= 4 is 5.97 Å². The Kier molecular flexibility index (Phi) is 2.96. The number of quaternary nitrogens is 1. The van der Waals surface area contributed by atoms with Crippen molar-refractivity contribution in [1.82, 2.24) is 0 Å². The lowest BCUT2D eigenvalue weighted by Gasteiger charge is -2.40. The SMILES string of the molecule is CC(=O)O[C@@H]1CC[N+](C)(C)C[C@@H]1C. The normalized spacial score (nSPS) is 32.6. The van der Waals surface area contributed by atoms with E-state index >= 15 is 0 Å². The second-order valence-electron chi connectivity index (χ2n) is 4.76. The van der Waals surface area contributed by atoms with E-state index in [0.29, 0.717) is 5.92 Å². The van der Waals surface area contributed by atoms with E-state index in [1.54, 1.807) is 0 Å². The summed E-state index contributed by atoms with van der Waals surface area (Å²) in [6.45, 7) is 5.84. The number of likely N-dealkylation sites (tertiary alicyclic amines) is 1. The maximum atomic E-state index is 10.8. The molecule has 0 saturated carbocycles. The van der Waals surface area contributed by atoms with Gasteiger partial charge < -0.3 is 9.22 Å². The van der Waals surface area contributed by atoms with E-state index in [9.17, 15) is 4.79 Å². The van der Waals surface area contributed by atoms with E-state index in [1.807, 2.05) is 0 Å². The van der Waals surface area contributed by atoms with Crippen molar-refractivity contribution in [3.8, 4) is 0 Å². The summed E-state index contributed by atoms with van der Waals surface area (Å²) in [5.74, 6) is 0.330. The molecule has 0 spiro atoms. The zero-order valence-electron chi connectivity index (χ0n) is 9.04. The van der Waals surface area contributed by atoms with Crippen molar-refractivity contribution in [2.24, 2.45) is 5.92 Å². The highest BCUT2D eigenvalue weighted by Crippen LogP contribution is 2.22. The average molecular weight is 186 g/mol. The van der Waals surface area contributed by atoms with Crippen LogP contribution in [-0.4, -0.2) is 43.7 Å². The monoisotopic (exact) mass is 186 g/mol. The van der Waals surface area contributed by atoms with Gasteiger partial charge in [-0.1, -0.05) is 6.92 Å². The van der Waals surface area contributed by atoms with E-state index < -0.39 is 0 Å². The summed E-state index contributed by atoms with van der Waals surface area (Å²) in [5.41, 5.74) is 0. The largest absolute Gasteiger partial charge is 0.462 e. The summed E-state index contributed by atoms with van der Waals surface area (Å²) in [4.78, 5) is 10.8. The van der Waals surface area contributed by atoms with Gasteiger partial charge in [-0.05, 0) is 0 Å². The highest BCUT2D eigenvalue weighted by atomic mass is 16.5. The van der Waals surface area contributed by atoms with Crippen molar-refractivity contribution in [2.45, 2.75) is 26.4 Å². The third-order valence-corrected chi connectivity index (χ3v) is 2.75. The molecule has 1 rings (SSSR count). The summed E-state index contributed by atoms with van der Waals surface area (Å²) in [5, 5.41) is 0. The highest BCUT2D eigenvalue weighted by molar-refractivity contribution is 5.66. The molecule has 13 heavy (non-hydrogen) atoms. The highest BCUT2D eigenvalue weighted by Gasteiger charge is 2.34. The van der Waals surface area contributed by atoms with Gasteiger partial charge in [-0.15, -0.1) is 0 Å². The van der Waals surface area contributed by atoms with Gasteiger partial charge >= 0.3 is 5.97 Å². The Bertz CT molecular complexity index is 201. The summed E-state index contributed by atoms with van der Waals surface area (Å²) in [7, 11) is 4.45. The smallest absolute Gasteiger partial charge is 0.302 e. The molecule has 76 valence electrons. The zero-order chi connectivity index (χ0) is 10.1. The van der Waals surface area contributed by atoms with Gasteiger partial charge in [-0.3, -0.25) is 4.79 Å². The number of hydrogen-bond acceptors (Lipinski definition) is 2. The topological polar surface area (TPSA) is 26.3 Å². The molecule has 1 aliphatic rings. The lowest BCUT2D eigenvalue weighted by Crippen LogP contribution is -2.52. The molecule has 3 nitrogen and oxygen atoms in total. The van der Waals surface area contributed by atoms with E-state index in [-0.39, 0.29) is 12.1 Å². The number of ether oxygens (including phenoxy) is 1. The van der Waals surface area contributed by atoms with Crippen molar-refractivity contribution in [2.75, 3.05) is 27.2 Å². The van der Waals surface area contributed by atoms with Gasteiger partial charge in [-0.25, -0.2) is 0 Å². The van der Waals surface area contributed by atoms with Crippen LogP contribution in [0.15, 0.2) is 0 Å². The van der Waals surface area contributed by atoms with Crippen LogP contribution >= 0.6 is 0 Å². The molecule has 0 N–H and O–H groups in total. The molecule has 0 aliphatic carbocycles. The molecule has 0 radical (unpaired) electrons. The lowest BCUT2D eigenvalue weighted by atomic mass is 9.95. The average Bonchev–Trinajstić information content (AvgIpc) is 1.93. The van der Waals surface area contributed by atoms with Crippen LogP contribution in [0.2, 0.25) is 0 Å². The fraction of sp³-hybridized carbons (Fsp3) is 0.900. The number of carbonyl (C=O) groups excluding carboxylic acids is 1.